The maximum atomic E-state index is 13.2. The summed E-state index contributed by atoms with van der Waals surface area (Å²) in [5.74, 6) is -0.554. The van der Waals surface area contributed by atoms with Crippen LogP contribution in [0.25, 0.3) is 11.0 Å². The summed E-state index contributed by atoms with van der Waals surface area (Å²) in [4.78, 5) is 29.4. The molecule has 0 radical (unpaired) electrons. The standard InChI is InChI=1S/C26H25N5O4S/c32-25(20-12-19-16-29-31-24(19)27-15-20)28-14-17-8-10-22(11-9-17)36(34,35)23-7-3-4-18(13-23)26(33)30-21-5-1-2-6-21/h3-4,7-13,15-16,21H,1-2,5-6,14H2,(H,28,32)(H,30,33)(H,27,29,31). The average molecular weight is 504 g/mol. The highest BCUT2D eigenvalue weighted by Gasteiger charge is 2.21. The van der Waals surface area contributed by atoms with Gasteiger partial charge in [0, 0.05) is 29.7 Å². The first kappa shape index (κ1) is 23.7. The molecule has 184 valence electrons. The van der Waals surface area contributed by atoms with Gasteiger partial charge in [0.2, 0.25) is 9.84 Å². The minimum absolute atomic E-state index is 0.0600. The number of sulfone groups is 1. The molecule has 4 aromatic rings. The highest BCUT2D eigenvalue weighted by atomic mass is 32.2. The van der Waals surface area contributed by atoms with E-state index < -0.39 is 9.84 Å². The number of hydrogen-bond donors (Lipinski definition) is 3. The number of aromatic amines is 1. The monoisotopic (exact) mass is 503 g/mol. The number of rotatable bonds is 7. The molecule has 3 N–H and O–H groups in total. The van der Waals surface area contributed by atoms with Crippen LogP contribution in [0.3, 0.4) is 0 Å². The van der Waals surface area contributed by atoms with Crippen LogP contribution < -0.4 is 10.6 Å². The van der Waals surface area contributed by atoms with Crippen LogP contribution in [-0.2, 0) is 16.4 Å². The van der Waals surface area contributed by atoms with Gasteiger partial charge < -0.3 is 10.6 Å². The first-order valence-electron chi connectivity index (χ1n) is 11.7. The van der Waals surface area contributed by atoms with E-state index in [1.54, 1.807) is 36.5 Å². The zero-order chi connectivity index (χ0) is 25.1. The van der Waals surface area contributed by atoms with Gasteiger partial charge in [-0.15, -0.1) is 0 Å². The van der Waals surface area contributed by atoms with Crippen LogP contribution in [0, 0.1) is 0 Å². The summed E-state index contributed by atoms with van der Waals surface area (Å²) in [6.07, 6.45) is 7.15. The second kappa shape index (κ2) is 9.90. The molecule has 0 atom stereocenters. The molecule has 1 saturated carbocycles. The van der Waals surface area contributed by atoms with Gasteiger partial charge in [-0.25, -0.2) is 13.4 Å². The number of fused-ring (bicyclic) bond motifs is 1. The van der Waals surface area contributed by atoms with Gasteiger partial charge in [0.05, 0.1) is 21.6 Å². The number of aromatic nitrogens is 3. The first-order valence-corrected chi connectivity index (χ1v) is 13.2. The zero-order valence-corrected chi connectivity index (χ0v) is 20.2. The fourth-order valence-electron chi connectivity index (χ4n) is 4.31. The molecule has 2 aromatic heterocycles. The van der Waals surface area contributed by atoms with Crippen LogP contribution >= 0.6 is 0 Å². The van der Waals surface area contributed by atoms with Crippen LogP contribution in [0.15, 0.2) is 76.8 Å². The lowest BCUT2D eigenvalue weighted by atomic mass is 10.2. The molecule has 9 nitrogen and oxygen atoms in total. The molecular formula is C26H25N5O4S. The number of hydrogen-bond acceptors (Lipinski definition) is 6. The zero-order valence-electron chi connectivity index (χ0n) is 19.4. The van der Waals surface area contributed by atoms with Gasteiger partial charge >= 0.3 is 0 Å². The summed E-state index contributed by atoms with van der Waals surface area (Å²) in [6, 6.07) is 14.3. The Hall–Kier alpha value is -4.05. The second-order valence-electron chi connectivity index (χ2n) is 8.84. The van der Waals surface area contributed by atoms with Gasteiger partial charge in [-0.3, -0.25) is 14.7 Å². The molecule has 1 aliphatic carbocycles. The Labute approximate surface area is 208 Å². The normalized spacial score (nSPS) is 14.1. The number of amides is 2. The predicted molar refractivity (Wildman–Crippen MR) is 133 cm³/mol. The molecule has 0 spiro atoms. The lowest BCUT2D eigenvalue weighted by Crippen LogP contribution is -2.32. The molecule has 0 aliphatic heterocycles. The molecule has 1 fully saturated rings. The van der Waals surface area contributed by atoms with Gasteiger partial charge in [-0.05, 0) is 54.8 Å². The summed E-state index contributed by atoms with van der Waals surface area (Å²) in [7, 11) is -3.81. The maximum Gasteiger partial charge on any atom is 0.253 e. The number of benzene rings is 2. The summed E-state index contributed by atoms with van der Waals surface area (Å²) < 4.78 is 26.4. The van der Waals surface area contributed by atoms with Crippen molar-refractivity contribution in [1.82, 2.24) is 25.8 Å². The fourth-order valence-corrected chi connectivity index (χ4v) is 5.62. The molecule has 5 rings (SSSR count). The number of nitrogens with zero attached hydrogens (tertiary/aromatic N) is 2. The number of carbonyl (C=O) groups is 2. The number of carbonyl (C=O) groups excluding carboxylic acids is 2. The molecule has 0 bridgehead atoms. The summed E-state index contributed by atoms with van der Waals surface area (Å²) >= 11 is 0. The molecule has 0 unspecified atom stereocenters. The SMILES string of the molecule is O=C(NCc1ccc(S(=O)(=O)c2cccc(C(=O)NC3CCCC3)c2)cc1)c1cnc2[nH]ncc2c1. The highest BCUT2D eigenvalue weighted by molar-refractivity contribution is 7.91. The van der Waals surface area contributed by atoms with Gasteiger partial charge in [-0.1, -0.05) is 31.0 Å². The summed E-state index contributed by atoms with van der Waals surface area (Å²) in [5, 5.41) is 13.2. The highest BCUT2D eigenvalue weighted by Crippen LogP contribution is 2.23. The van der Waals surface area contributed by atoms with E-state index in [1.165, 1.54) is 30.5 Å². The van der Waals surface area contributed by atoms with E-state index in [9.17, 15) is 18.0 Å². The Morgan fingerprint density at radius 2 is 1.69 bits per heavy atom. The summed E-state index contributed by atoms with van der Waals surface area (Å²) in [5.41, 5.74) is 2.07. The van der Waals surface area contributed by atoms with E-state index in [1.807, 2.05) is 0 Å². The van der Waals surface area contributed by atoms with Crippen molar-refractivity contribution < 1.29 is 18.0 Å². The smallest absolute Gasteiger partial charge is 0.253 e. The minimum Gasteiger partial charge on any atom is -0.349 e. The van der Waals surface area contributed by atoms with Crippen LogP contribution in [0.4, 0.5) is 0 Å². The van der Waals surface area contributed by atoms with Gasteiger partial charge in [0.25, 0.3) is 11.8 Å². The Morgan fingerprint density at radius 1 is 0.917 bits per heavy atom. The van der Waals surface area contributed by atoms with Gasteiger partial charge in [-0.2, -0.15) is 5.10 Å². The van der Waals surface area contributed by atoms with Gasteiger partial charge in [0.15, 0.2) is 5.65 Å². The largest absolute Gasteiger partial charge is 0.349 e. The third kappa shape index (κ3) is 4.99. The third-order valence-corrected chi connectivity index (χ3v) is 8.10. The Balaban J connectivity index is 1.25. The average Bonchev–Trinajstić information content (AvgIpc) is 3.59. The summed E-state index contributed by atoms with van der Waals surface area (Å²) in [6.45, 7) is 0.222. The van der Waals surface area contributed by atoms with Crippen LogP contribution in [0.2, 0.25) is 0 Å². The fraction of sp³-hybridized carbons (Fsp3) is 0.231. The Kier molecular flexibility index (Phi) is 6.51. The molecule has 1 aliphatic rings. The van der Waals surface area contributed by atoms with Gasteiger partial charge in [0.1, 0.15) is 0 Å². The van der Waals surface area contributed by atoms with Crippen molar-refractivity contribution >= 4 is 32.7 Å². The lowest BCUT2D eigenvalue weighted by molar-refractivity contribution is 0.0933. The lowest BCUT2D eigenvalue weighted by Gasteiger charge is -2.13. The molecule has 2 heterocycles. The van der Waals surface area contributed by atoms with Crippen molar-refractivity contribution in [2.24, 2.45) is 0 Å². The van der Waals surface area contributed by atoms with Crippen molar-refractivity contribution in [3.8, 4) is 0 Å². The van der Waals surface area contributed by atoms with Crippen LogP contribution in [-0.4, -0.2) is 41.5 Å². The Bertz CT molecular complexity index is 1520. The quantitative estimate of drug-likeness (QED) is 0.354. The third-order valence-electron chi connectivity index (χ3n) is 6.34. The number of pyridine rings is 1. The molecule has 0 saturated heterocycles. The van der Waals surface area contributed by atoms with Crippen molar-refractivity contribution in [3.05, 3.63) is 83.7 Å². The molecule has 2 aromatic carbocycles. The maximum absolute atomic E-state index is 13.2. The topological polar surface area (TPSA) is 134 Å². The van der Waals surface area contributed by atoms with Crippen LogP contribution in [0.1, 0.15) is 52.0 Å². The molecule has 36 heavy (non-hydrogen) atoms. The second-order valence-corrected chi connectivity index (χ2v) is 10.8. The number of nitrogens with one attached hydrogen (secondary N) is 3. The van der Waals surface area contributed by atoms with E-state index in [0.717, 1.165) is 36.6 Å². The van der Waals surface area contributed by atoms with E-state index in [-0.39, 0.29) is 34.2 Å². The van der Waals surface area contributed by atoms with E-state index >= 15 is 0 Å². The van der Waals surface area contributed by atoms with E-state index in [4.69, 9.17) is 0 Å². The molecule has 10 heteroatoms. The Morgan fingerprint density at radius 3 is 2.47 bits per heavy atom. The van der Waals surface area contributed by atoms with E-state index in [2.05, 4.69) is 25.8 Å². The van der Waals surface area contributed by atoms with E-state index in [0.29, 0.717) is 16.8 Å². The van der Waals surface area contributed by atoms with Crippen LogP contribution in [0.5, 0.6) is 0 Å². The first-order chi connectivity index (χ1) is 17.4. The van der Waals surface area contributed by atoms with Crippen molar-refractivity contribution in [2.45, 2.75) is 48.1 Å². The van der Waals surface area contributed by atoms with Crippen molar-refractivity contribution in [3.63, 3.8) is 0 Å². The molecular weight excluding hydrogens is 478 g/mol. The molecule has 2 amide bonds. The van der Waals surface area contributed by atoms with Crippen molar-refractivity contribution in [1.29, 1.82) is 0 Å². The number of H-pyrrole nitrogens is 1. The van der Waals surface area contributed by atoms with Crippen molar-refractivity contribution in [2.75, 3.05) is 0 Å². The predicted octanol–water partition coefficient (Wildman–Crippen LogP) is 3.39. The minimum atomic E-state index is -3.81.